The van der Waals surface area contributed by atoms with Crippen LogP contribution in [0.25, 0.3) is 0 Å². The van der Waals surface area contributed by atoms with Gasteiger partial charge in [-0.1, -0.05) is 0 Å². The van der Waals surface area contributed by atoms with E-state index in [0.29, 0.717) is 0 Å². The van der Waals surface area contributed by atoms with E-state index in [4.69, 9.17) is 17.8 Å². The standard InChI is InChI=1S/C4H12O6SSi/c1-8-12(9-2,10-3)4-11(5,6)7/h4H2,1-3H3,(H,5,6,7). The Morgan fingerprint density at radius 2 is 1.50 bits per heavy atom. The Labute approximate surface area is 72.6 Å². The highest BCUT2D eigenvalue weighted by Gasteiger charge is 2.42. The Kier molecular flexibility index (Phi) is 4.30. The Bertz CT molecular complexity index is 211. The second-order valence-electron chi connectivity index (χ2n) is 2.02. The molecule has 0 aromatic heterocycles. The number of rotatable bonds is 5. The van der Waals surface area contributed by atoms with Crippen LogP contribution in [0.2, 0.25) is 0 Å². The third kappa shape index (κ3) is 3.60. The molecular weight excluding hydrogens is 204 g/mol. The second kappa shape index (κ2) is 4.30. The van der Waals surface area contributed by atoms with Gasteiger partial charge in [-0.25, -0.2) is 0 Å². The lowest BCUT2D eigenvalue weighted by molar-refractivity contribution is 0.129. The average molecular weight is 216 g/mol. The zero-order valence-electron chi connectivity index (χ0n) is 7.10. The fourth-order valence-corrected chi connectivity index (χ4v) is 4.35. The van der Waals surface area contributed by atoms with Crippen molar-refractivity contribution in [2.45, 2.75) is 0 Å². The monoisotopic (exact) mass is 216 g/mol. The van der Waals surface area contributed by atoms with Gasteiger partial charge >= 0.3 is 8.80 Å². The van der Waals surface area contributed by atoms with Crippen molar-refractivity contribution in [2.75, 3.05) is 26.7 Å². The molecule has 74 valence electrons. The molecule has 0 aromatic rings. The van der Waals surface area contributed by atoms with Crippen LogP contribution >= 0.6 is 0 Å². The maximum absolute atomic E-state index is 10.5. The summed E-state index contributed by atoms with van der Waals surface area (Å²) >= 11 is 0. The van der Waals surface area contributed by atoms with Crippen LogP contribution < -0.4 is 0 Å². The summed E-state index contributed by atoms with van der Waals surface area (Å²) in [7, 11) is -3.52. The first-order chi connectivity index (χ1) is 5.39. The molecule has 0 spiro atoms. The van der Waals surface area contributed by atoms with Crippen LogP contribution in [0.3, 0.4) is 0 Å². The summed E-state index contributed by atoms with van der Waals surface area (Å²) < 4.78 is 43.8. The minimum atomic E-state index is -4.13. The average Bonchev–Trinajstić information content (AvgIpc) is 1.99. The van der Waals surface area contributed by atoms with Gasteiger partial charge in [0.05, 0.1) is 0 Å². The van der Waals surface area contributed by atoms with Crippen molar-refractivity contribution in [2.24, 2.45) is 0 Å². The molecule has 0 aromatic carbocycles. The lowest BCUT2D eigenvalue weighted by Crippen LogP contribution is -2.49. The zero-order valence-corrected chi connectivity index (χ0v) is 8.92. The quantitative estimate of drug-likeness (QED) is 0.483. The molecule has 8 heteroatoms. The lowest BCUT2D eigenvalue weighted by atomic mass is 11.8. The molecule has 0 heterocycles. The molecule has 0 rings (SSSR count). The van der Waals surface area contributed by atoms with Gasteiger partial charge < -0.3 is 13.3 Å². The molecule has 0 aliphatic carbocycles. The van der Waals surface area contributed by atoms with Gasteiger partial charge in [0, 0.05) is 21.3 Å². The molecule has 0 amide bonds. The van der Waals surface area contributed by atoms with Crippen LogP contribution in [-0.4, -0.2) is 48.5 Å². The van der Waals surface area contributed by atoms with Crippen LogP contribution in [0.15, 0.2) is 0 Å². The lowest BCUT2D eigenvalue weighted by Gasteiger charge is -2.22. The van der Waals surface area contributed by atoms with Gasteiger partial charge in [0.15, 0.2) is 0 Å². The van der Waals surface area contributed by atoms with E-state index >= 15 is 0 Å². The Morgan fingerprint density at radius 1 is 1.17 bits per heavy atom. The third-order valence-corrected chi connectivity index (χ3v) is 6.03. The molecule has 0 unspecified atom stereocenters. The minimum Gasteiger partial charge on any atom is -0.376 e. The SMILES string of the molecule is CO[Si](CS(=O)(=O)O)(OC)OC. The largest absolute Gasteiger partial charge is 0.518 e. The van der Waals surface area contributed by atoms with Gasteiger partial charge in [0.2, 0.25) is 0 Å². The highest BCUT2D eigenvalue weighted by atomic mass is 32.2. The van der Waals surface area contributed by atoms with E-state index in [9.17, 15) is 8.42 Å². The molecule has 12 heavy (non-hydrogen) atoms. The Balaban J connectivity index is 4.52. The maximum Gasteiger partial charge on any atom is 0.518 e. The van der Waals surface area contributed by atoms with Gasteiger partial charge in [0.25, 0.3) is 10.1 Å². The van der Waals surface area contributed by atoms with Gasteiger partial charge in [0.1, 0.15) is 5.38 Å². The van der Waals surface area contributed by atoms with Crippen LogP contribution in [0.4, 0.5) is 0 Å². The molecule has 0 saturated heterocycles. The summed E-state index contributed by atoms with van der Waals surface area (Å²) in [6.07, 6.45) is 0. The van der Waals surface area contributed by atoms with Gasteiger partial charge in [-0.05, 0) is 0 Å². The van der Waals surface area contributed by atoms with E-state index in [-0.39, 0.29) is 0 Å². The normalized spacial score (nSPS) is 13.3. The summed E-state index contributed by atoms with van der Waals surface area (Å²) in [5.74, 6) is 0. The molecule has 1 N–H and O–H groups in total. The summed E-state index contributed by atoms with van der Waals surface area (Å²) in [5, 5.41) is -0.635. The first-order valence-corrected chi connectivity index (χ1v) is 6.54. The fraction of sp³-hybridized carbons (Fsp3) is 1.00. The van der Waals surface area contributed by atoms with Gasteiger partial charge in [-0.2, -0.15) is 8.42 Å². The second-order valence-corrected chi connectivity index (χ2v) is 6.93. The molecule has 0 fully saturated rings. The van der Waals surface area contributed by atoms with Crippen molar-refractivity contribution in [1.29, 1.82) is 0 Å². The van der Waals surface area contributed by atoms with Crippen LogP contribution in [0, 0.1) is 0 Å². The molecule has 0 saturated carbocycles. The molecular formula is C4H12O6SSi. The van der Waals surface area contributed by atoms with E-state index in [0.717, 1.165) is 0 Å². The molecule has 0 bridgehead atoms. The molecule has 0 aliphatic heterocycles. The van der Waals surface area contributed by atoms with E-state index in [1.807, 2.05) is 0 Å². The van der Waals surface area contributed by atoms with Crippen molar-refractivity contribution in [3.05, 3.63) is 0 Å². The van der Waals surface area contributed by atoms with E-state index in [1.54, 1.807) is 0 Å². The Morgan fingerprint density at radius 3 is 1.58 bits per heavy atom. The summed E-state index contributed by atoms with van der Waals surface area (Å²) in [5.41, 5.74) is 0. The van der Waals surface area contributed by atoms with Crippen molar-refractivity contribution in [3.63, 3.8) is 0 Å². The number of hydrogen-bond acceptors (Lipinski definition) is 5. The summed E-state index contributed by atoms with van der Waals surface area (Å²) in [6, 6.07) is 0. The van der Waals surface area contributed by atoms with E-state index in [1.165, 1.54) is 21.3 Å². The third-order valence-electron chi connectivity index (χ3n) is 1.29. The van der Waals surface area contributed by atoms with Crippen molar-refractivity contribution < 1.29 is 26.2 Å². The molecule has 0 atom stereocenters. The summed E-state index contributed by atoms with van der Waals surface area (Å²) in [4.78, 5) is 0. The predicted octanol–water partition coefficient (Wildman–Crippen LogP) is -0.708. The van der Waals surface area contributed by atoms with Crippen molar-refractivity contribution >= 4 is 18.9 Å². The van der Waals surface area contributed by atoms with Crippen molar-refractivity contribution in [1.82, 2.24) is 0 Å². The van der Waals surface area contributed by atoms with E-state index in [2.05, 4.69) is 0 Å². The first kappa shape index (κ1) is 12.0. The maximum atomic E-state index is 10.5. The van der Waals surface area contributed by atoms with Crippen LogP contribution in [0.1, 0.15) is 0 Å². The minimum absolute atomic E-state index is 0.635. The fourth-order valence-electron chi connectivity index (χ4n) is 0.650. The highest BCUT2D eigenvalue weighted by molar-refractivity contribution is 7.87. The van der Waals surface area contributed by atoms with Gasteiger partial charge in [-0.3, -0.25) is 4.55 Å². The van der Waals surface area contributed by atoms with Crippen LogP contribution in [0.5, 0.6) is 0 Å². The smallest absolute Gasteiger partial charge is 0.376 e. The number of hydrogen-bond donors (Lipinski definition) is 1. The van der Waals surface area contributed by atoms with E-state index < -0.39 is 24.3 Å². The Hall–Kier alpha value is 0.00688. The molecule has 0 radical (unpaired) electrons. The van der Waals surface area contributed by atoms with Crippen molar-refractivity contribution in [3.8, 4) is 0 Å². The highest BCUT2D eigenvalue weighted by Crippen LogP contribution is 2.08. The van der Waals surface area contributed by atoms with Gasteiger partial charge in [-0.15, -0.1) is 0 Å². The topological polar surface area (TPSA) is 82.1 Å². The first-order valence-electron chi connectivity index (χ1n) is 3.00. The van der Waals surface area contributed by atoms with Crippen LogP contribution in [-0.2, 0) is 23.4 Å². The molecule has 6 nitrogen and oxygen atoms in total. The predicted molar refractivity (Wildman–Crippen MR) is 43.2 cm³/mol. The molecule has 0 aliphatic rings. The summed E-state index contributed by atoms with van der Waals surface area (Å²) in [6.45, 7) is 0. The zero-order chi connectivity index (χ0) is 9.83.